The maximum atomic E-state index is 6.48. The van der Waals surface area contributed by atoms with E-state index in [1.54, 1.807) is 0 Å². The highest BCUT2D eigenvalue weighted by Crippen LogP contribution is 2.32. The van der Waals surface area contributed by atoms with Crippen molar-refractivity contribution in [2.45, 2.75) is 13.0 Å². The summed E-state index contributed by atoms with van der Waals surface area (Å²) in [7, 11) is 0. The summed E-state index contributed by atoms with van der Waals surface area (Å²) in [4.78, 5) is 3.41. The molecule has 0 saturated heterocycles. The third-order valence-electron chi connectivity index (χ3n) is 4.20. The Morgan fingerprint density at radius 3 is 2.00 bits per heavy atom. The molecule has 4 rings (SSSR count). The first-order chi connectivity index (χ1) is 11.8. The lowest BCUT2D eigenvalue weighted by Gasteiger charge is -2.20. The van der Waals surface area contributed by atoms with E-state index in [0.717, 1.165) is 28.1 Å². The van der Waals surface area contributed by atoms with Gasteiger partial charge in [-0.25, -0.2) is 0 Å². The highest BCUT2D eigenvalue weighted by molar-refractivity contribution is 5.86. The van der Waals surface area contributed by atoms with Crippen LogP contribution in [0, 0.1) is 6.92 Å². The second-order valence-electron chi connectivity index (χ2n) is 5.99. The SMILES string of the molecule is Cc1cc2cccc(OC(c3ccccc3)c3ccccc3)c2[nH]1. The molecule has 2 nitrogen and oxygen atoms in total. The Bertz CT molecular complexity index is 902. The van der Waals surface area contributed by atoms with Crippen molar-refractivity contribution in [1.29, 1.82) is 0 Å². The van der Waals surface area contributed by atoms with E-state index in [0.29, 0.717) is 0 Å². The van der Waals surface area contributed by atoms with Crippen molar-refractivity contribution in [3.63, 3.8) is 0 Å². The minimum atomic E-state index is -0.137. The van der Waals surface area contributed by atoms with Crippen LogP contribution in [0.1, 0.15) is 22.9 Å². The summed E-state index contributed by atoms with van der Waals surface area (Å²) in [6, 6.07) is 29.0. The summed E-state index contributed by atoms with van der Waals surface area (Å²) in [6.07, 6.45) is -0.137. The molecule has 0 spiro atoms. The number of benzene rings is 3. The molecule has 0 fully saturated rings. The topological polar surface area (TPSA) is 25.0 Å². The first kappa shape index (κ1) is 14.6. The quantitative estimate of drug-likeness (QED) is 0.518. The second-order valence-corrected chi connectivity index (χ2v) is 5.99. The molecule has 2 heteroatoms. The fourth-order valence-electron chi connectivity index (χ4n) is 3.08. The highest BCUT2D eigenvalue weighted by atomic mass is 16.5. The zero-order valence-corrected chi connectivity index (χ0v) is 13.6. The maximum Gasteiger partial charge on any atom is 0.149 e. The van der Waals surface area contributed by atoms with E-state index in [2.05, 4.69) is 48.3 Å². The largest absolute Gasteiger partial charge is 0.479 e. The second kappa shape index (κ2) is 6.25. The Hall–Kier alpha value is -3.00. The predicted molar refractivity (Wildman–Crippen MR) is 98.4 cm³/mol. The molecule has 118 valence electrons. The Balaban J connectivity index is 1.79. The summed E-state index contributed by atoms with van der Waals surface area (Å²) in [5.41, 5.74) is 4.47. The van der Waals surface area contributed by atoms with Gasteiger partial charge in [-0.05, 0) is 30.2 Å². The van der Waals surface area contributed by atoms with Gasteiger partial charge in [0.2, 0.25) is 0 Å². The Morgan fingerprint density at radius 2 is 1.38 bits per heavy atom. The van der Waals surface area contributed by atoms with Crippen LogP contribution in [-0.4, -0.2) is 4.98 Å². The number of para-hydroxylation sites is 1. The Morgan fingerprint density at radius 1 is 0.750 bits per heavy atom. The number of H-pyrrole nitrogens is 1. The predicted octanol–water partition coefficient (Wildman–Crippen LogP) is 5.64. The third kappa shape index (κ3) is 2.79. The zero-order chi connectivity index (χ0) is 16.4. The molecule has 1 N–H and O–H groups in total. The standard InChI is InChI=1S/C22H19NO/c1-16-15-19-13-8-14-20(21(19)23-16)24-22(17-9-4-2-5-10-17)18-11-6-3-7-12-18/h2-15,22-23H,1H3. The van der Waals surface area contributed by atoms with Crippen molar-refractivity contribution in [3.8, 4) is 5.75 Å². The maximum absolute atomic E-state index is 6.48. The van der Waals surface area contributed by atoms with Crippen molar-refractivity contribution in [1.82, 2.24) is 4.98 Å². The first-order valence-electron chi connectivity index (χ1n) is 8.16. The molecule has 0 bridgehead atoms. The third-order valence-corrected chi connectivity index (χ3v) is 4.20. The number of hydrogen-bond donors (Lipinski definition) is 1. The monoisotopic (exact) mass is 313 g/mol. The van der Waals surface area contributed by atoms with Crippen LogP contribution >= 0.6 is 0 Å². The van der Waals surface area contributed by atoms with Crippen LogP contribution in [0.2, 0.25) is 0 Å². The lowest BCUT2D eigenvalue weighted by atomic mass is 10.0. The average Bonchev–Trinajstić information content (AvgIpc) is 3.02. The van der Waals surface area contributed by atoms with E-state index >= 15 is 0 Å². The number of ether oxygens (including phenoxy) is 1. The lowest BCUT2D eigenvalue weighted by Crippen LogP contribution is -2.09. The van der Waals surface area contributed by atoms with Crippen molar-refractivity contribution in [2.24, 2.45) is 0 Å². The molecule has 0 unspecified atom stereocenters. The van der Waals surface area contributed by atoms with Crippen LogP contribution in [0.15, 0.2) is 84.9 Å². The number of aromatic nitrogens is 1. The smallest absolute Gasteiger partial charge is 0.149 e. The number of aromatic amines is 1. The minimum Gasteiger partial charge on any atom is -0.479 e. The van der Waals surface area contributed by atoms with Gasteiger partial charge < -0.3 is 9.72 Å². The van der Waals surface area contributed by atoms with Gasteiger partial charge in [0.1, 0.15) is 11.9 Å². The number of hydrogen-bond acceptors (Lipinski definition) is 1. The molecule has 1 aromatic heterocycles. The molecule has 0 saturated carbocycles. The van der Waals surface area contributed by atoms with Gasteiger partial charge in [-0.1, -0.05) is 72.8 Å². The number of rotatable bonds is 4. The van der Waals surface area contributed by atoms with Crippen molar-refractivity contribution in [2.75, 3.05) is 0 Å². The molecular weight excluding hydrogens is 294 g/mol. The van der Waals surface area contributed by atoms with Gasteiger partial charge in [-0.2, -0.15) is 0 Å². The Kier molecular flexibility index (Phi) is 3.80. The van der Waals surface area contributed by atoms with Crippen LogP contribution in [0.4, 0.5) is 0 Å². The molecule has 1 heterocycles. The van der Waals surface area contributed by atoms with Crippen molar-refractivity contribution in [3.05, 3.63) is 102 Å². The van der Waals surface area contributed by atoms with E-state index in [9.17, 15) is 0 Å². The van der Waals surface area contributed by atoms with Crippen molar-refractivity contribution < 1.29 is 4.74 Å². The van der Waals surface area contributed by atoms with E-state index in [-0.39, 0.29) is 6.10 Å². The summed E-state index contributed by atoms with van der Waals surface area (Å²) < 4.78 is 6.48. The lowest BCUT2D eigenvalue weighted by molar-refractivity contribution is 0.250. The molecule has 0 aliphatic heterocycles. The van der Waals surface area contributed by atoms with E-state index in [4.69, 9.17) is 4.74 Å². The van der Waals surface area contributed by atoms with Gasteiger partial charge in [0.05, 0.1) is 5.52 Å². The van der Waals surface area contributed by atoms with Gasteiger partial charge in [-0.15, -0.1) is 0 Å². The van der Waals surface area contributed by atoms with Crippen LogP contribution in [-0.2, 0) is 0 Å². The summed E-state index contributed by atoms with van der Waals surface area (Å²) >= 11 is 0. The van der Waals surface area contributed by atoms with Crippen LogP contribution in [0.5, 0.6) is 5.75 Å². The van der Waals surface area contributed by atoms with Crippen LogP contribution in [0.3, 0.4) is 0 Å². The summed E-state index contributed by atoms with van der Waals surface area (Å²) in [6.45, 7) is 2.07. The number of nitrogens with one attached hydrogen (secondary N) is 1. The number of fused-ring (bicyclic) bond motifs is 1. The molecule has 0 amide bonds. The van der Waals surface area contributed by atoms with E-state index in [1.165, 1.54) is 5.39 Å². The molecule has 24 heavy (non-hydrogen) atoms. The van der Waals surface area contributed by atoms with Crippen LogP contribution < -0.4 is 4.74 Å². The molecule has 0 radical (unpaired) electrons. The molecule has 0 atom stereocenters. The van der Waals surface area contributed by atoms with Crippen LogP contribution in [0.25, 0.3) is 10.9 Å². The van der Waals surface area contributed by atoms with E-state index in [1.807, 2.05) is 48.5 Å². The molecule has 3 aromatic carbocycles. The van der Waals surface area contributed by atoms with Gasteiger partial charge in [0, 0.05) is 11.1 Å². The summed E-state index contributed by atoms with van der Waals surface area (Å²) in [5, 5.41) is 1.17. The molecular formula is C22H19NO. The van der Waals surface area contributed by atoms with Gasteiger partial charge in [0.25, 0.3) is 0 Å². The van der Waals surface area contributed by atoms with E-state index < -0.39 is 0 Å². The van der Waals surface area contributed by atoms with Crippen molar-refractivity contribution >= 4 is 10.9 Å². The minimum absolute atomic E-state index is 0.137. The summed E-state index contributed by atoms with van der Waals surface area (Å²) in [5.74, 6) is 0.873. The highest BCUT2D eigenvalue weighted by Gasteiger charge is 2.17. The Labute approximate surface area is 141 Å². The first-order valence-corrected chi connectivity index (χ1v) is 8.16. The zero-order valence-electron chi connectivity index (χ0n) is 13.6. The van der Waals surface area contributed by atoms with Gasteiger partial charge in [0.15, 0.2) is 0 Å². The number of aryl methyl sites for hydroxylation is 1. The average molecular weight is 313 g/mol. The molecule has 4 aromatic rings. The fourth-order valence-corrected chi connectivity index (χ4v) is 3.08. The van der Waals surface area contributed by atoms with Gasteiger partial charge >= 0.3 is 0 Å². The van der Waals surface area contributed by atoms with Gasteiger partial charge in [-0.3, -0.25) is 0 Å². The normalized spacial score (nSPS) is 11.1. The molecule has 0 aliphatic carbocycles. The fraction of sp³-hybridized carbons (Fsp3) is 0.0909. The molecule has 0 aliphatic rings.